The van der Waals surface area contributed by atoms with Crippen molar-refractivity contribution in [2.45, 2.75) is 39.3 Å². The number of methoxy groups -OCH3 is 2. The third kappa shape index (κ3) is 6.45. The zero-order chi connectivity index (χ0) is 27.9. The first kappa shape index (κ1) is 28.2. The highest BCUT2D eigenvalue weighted by molar-refractivity contribution is 7.77. The van der Waals surface area contributed by atoms with E-state index < -0.39 is 23.4 Å². The van der Waals surface area contributed by atoms with Gasteiger partial charge in [-0.1, -0.05) is 6.07 Å². The van der Waals surface area contributed by atoms with Crippen LogP contribution in [0.1, 0.15) is 35.8 Å². The molecule has 12 nitrogen and oxygen atoms in total. The van der Waals surface area contributed by atoms with E-state index >= 15 is 0 Å². The summed E-state index contributed by atoms with van der Waals surface area (Å²) in [7, 11) is 3.11. The molecule has 3 heterocycles. The largest absolute Gasteiger partial charge is 0.760 e. The molecule has 13 heteroatoms. The van der Waals surface area contributed by atoms with Crippen LogP contribution in [0, 0.1) is 13.8 Å². The summed E-state index contributed by atoms with van der Waals surface area (Å²) >= 11 is -2.62. The van der Waals surface area contributed by atoms with E-state index in [0.29, 0.717) is 46.8 Å². The minimum Gasteiger partial charge on any atom is -0.760 e. The average molecular weight is 553 g/mol. The molecule has 4 aromatic rings. The zero-order valence-corrected chi connectivity index (χ0v) is 23.1. The fourth-order valence-corrected chi connectivity index (χ4v) is 4.68. The van der Waals surface area contributed by atoms with E-state index in [1.165, 1.54) is 0 Å². The molecule has 1 unspecified atom stereocenters. The van der Waals surface area contributed by atoms with Crippen LogP contribution in [0.3, 0.4) is 0 Å². The molecule has 0 aliphatic heterocycles. The number of ether oxygens (including phenoxy) is 3. The highest BCUT2D eigenvalue weighted by atomic mass is 32.2. The third-order valence-electron chi connectivity index (χ3n) is 5.91. The summed E-state index contributed by atoms with van der Waals surface area (Å²) in [5, 5.41) is 8.97. The molecule has 0 aliphatic rings. The number of aryl methyl sites for hydroxylation is 2. The molecule has 206 valence electrons. The minimum absolute atomic E-state index is 0.0727. The van der Waals surface area contributed by atoms with Crippen LogP contribution in [0.2, 0.25) is 0 Å². The van der Waals surface area contributed by atoms with Gasteiger partial charge in [0.05, 0.1) is 20.3 Å². The van der Waals surface area contributed by atoms with Gasteiger partial charge in [-0.25, -0.2) is 14.7 Å². The molecule has 0 bridgehead atoms. The second-order valence-electron chi connectivity index (χ2n) is 8.70. The van der Waals surface area contributed by atoms with Gasteiger partial charge in [0.25, 0.3) is 0 Å². The van der Waals surface area contributed by atoms with Gasteiger partial charge < -0.3 is 18.8 Å². The topological polar surface area (TPSA) is 149 Å². The molecule has 4 rings (SSSR count). The van der Waals surface area contributed by atoms with E-state index in [1.54, 1.807) is 55.7 Å². The van der Waals surface area contributed by atoms with Gasteiger partial charge in [-0.3, -0.25) is 13.8 Å². The first-order valence-corrected chi connectivity index (χ1v) is 13.3. The van der Waals surface area contributed by atoms with Crippen molar-refractivity contribution in [3.05, 3.63) is 71.8 Å². The fourth-order valence-electron chi connectivity index (χ4n) is 4.23. The van der Waals surface area contributed by atoms with Gasteiger partial charge in [-0.05, 0) is 50.1 Å². The van der Waals surface area contributed by atoms with Gasteiger partial charge in [0.2, 0.25) is 0 Å². The van der Waals surface area contributed by atoms with Crippen LogP contribution >= 0.6 is 0 Å². The van der Waals surface area contributed by atoms with Crippen LogP contribution in [0.4, 0.5) is 0 Å². The molecule has 0 aliphatic carbocycles. The Labute approximate surface area is 229 Å². The molecule has 1 N–H and O–H groups in total. The quantitative estimate of drug-likeness (QED) is 0.260. The average Bonchev–Trinajstić information content (AvgIpc) is 3.34. The van der Waals surface area contributed by atoms with E-state index in [0.717, 1.165) is 11.1 Å². The lowest BCUT2D eigenvalue weighted by Crippen LogP contribution is -2.40. The number of benzene rings is 1. The molecule has 3 atom stereocenters. The Morgan fingerprint density at radius 2 is 1.72 bits per heavy atom. The first-order chi connectivity index (χ1) is 18.9. The molecule has 0 amide bonds. The molecule has 39 heavy (non-hydrogen) atoms. The number of hydrogen-bond donors (Lipinski definition) is 1. The predicted octanol–water partition coefficient (Wildman–Crippen LogP) is 2.83. The maximum atomic E-state index is 11.9. The Hall–Kier alpha value is -3.78. The Morgan fingerprint density at radius 1 is 1.03 bits per heavy atom. The van der Waals surface area contributed by atoms with E-state index in [1.807, 2.05) is 32.9 Å². The van der Waals surface area contributed by atoms with Crippen molar-refractivity contribution >= 4 is 11.3 Å². The van der Waals surface area contributed by atoms with E-state index in [2.05, 4.69) is 29.9 Å². The number of aromatic nitrogens is 6. The molecule has 0 fully saturated rings. The van der Waals surface area contributed by atoms with Crippen molar-refractivity contribution in [3.8, 4) is 28.6 Å². The van der Waals surface area contributed by atoms with Crippen molar-refractivity contribution < 1.29 is 23.0 Å². The van der Waals surface area contributed by atoms with Crippen LogP contribution in [0.25, 0.3) is 17.1 Å². The van der Waals surface area contributed by atoms with E-state index in [4.69, 9.17) is 14.2 Å². The summed E-state index contributed by atoms with van der Waals surface area (Å²) < 4.78 is 45.5. The lowest BCUT2D eigenvalue weighted by Gasteiger charge is -2.28. The summed E-state index contributed by atoms with van der Waals surface area (Å²) in [6.45, 7) is 5.92. The number of nitrogens with one attached hydrogen (secondary N) is 1. The Morgan fingerprint density at radius 3 is 2.31 bits per heavy atom. The highest BCUT2D eigenvalue weighted by Crippen LogP contribution is 2.37. The zero-order valence-electron chi connectivity index (χ0n) is 22.3. The second-order valence-corrected chi connectivity index (χ2v) is 9.40. The van der Waals surface area contributed by atoms with Crippen LogP contribution in [0.5, 0.6) is 11.5 Å². The summed E-state index contributed by atoms with van der Waals surface area (Å²) in [4.78, 5) is 13.1. The Kier molecular flexibility index (Phi) is 9.30. The van der Waals surface area contributed by atoms with Crippen LogP contribution in [-0.2, 0) is 22.4 Å². The predicted molar refractivity (Wildman–Crippen MR) is 143 cm³/mol. The van der Waals surface area contributed by atoms with Crippen molar-refractivity contribution in [1.82, 2.24) is 34.4 Å². The number of hydrogen-bond acceptors (Lipinski definition) is 10. The van der Waals surface area contributed by atoms with Crippen LogP contribution in [-0.4, -0.2) is 65.3 Å². The first-order valence-electron chi connectivity index (χ1n) is 12.2. The van der Waals surface area contributed by atoms with E-state index in [9.17, 15) is 8.76 Å². The normalized spacial score (nSPS) is 13.6. The summed E-state index contributed by atoms with van der Waals surface area (Å²) in [5.41, 5.74) is 3.07. The molecule has 1 aromatic carbocycles. The molecule has 0 radical (unpaired) electrons. The maximum Gasteiger partial charge on any atom is 0.170 e. The molecule has 0 spiro atoms. The van der Waals surface area contributed by atoms with Crippen molar-refractivity contribution in [2.75, 3.05) is 20.8 Å². The number of pyridine rings is 1. The fraction of sp³-hybridized carbons (Fsp3) is 0.346. The number of rotatable bonds is 12. The molecule has 3 aromatic heterocycles. The molecular weight excluding hydrogens is 522 g/mol. The summed E-state index contributed by atoms with van der Waals surface area (Å²) in [5.74, 6) is 2.27. The monoisotopic (exact) mass is 552 g/mol. The highest BCUT2D eigenvalue weighted by Gasteiger charge is 2.31. The SMILES string of the molecule is CCO[C@H](c1ncc(C)cn1)[C@H](Cc1nnc(-c2cncc(C)c2)n1-c1c(OC)cccc1OC)NS(=O)[O-]. The van der Waals surface area contributed by atoms with E-state index in [-0.39, 0.29) is 6.42 Å². The molecular formula is C26H30N7O5S-. The van der Waals surface area contributed by atoms with Crippen molar-refractivity contribution in [2.24, 2.45) is 0 Å². The van der Waals surface area contributed by atoms with Crippen molar-refractivity contribution in [3.63, 3.8) is 0 Å². The lowest BCUT2D eigenvalue weighted by molar-refractivity contribution is 0.0322. The Balaban J connectivity index is 1.90. The molecule has 0 saturated heterocycles. The third-order valence-corrected chi connectivity index (χ3v) is 6.40. The number of para-hydroxylation sites is 1. The van der Waals surface area contributed by atoms with Crippen LogP contribution < -0.4 is 14.2 Å². The second kappa shape index (κ2) is 12.8. The summed E-state index contributed by atoms with van der Waals surface area (Å²) in [6, 6.07) is 6.52. The smallest absolute Gasteiger partial charge is 0.170 e. The van der Waals surface area contributed by atoms with Gasteiger partial charge in [0, 0.05) is 54.6 Å². The molecule has 0 saturated carbocycles. The minimum atomic E-state index is -2.62. The summed E-state index contributed by atoms with van der Waals surface area (Å²) in [6.07, 6.45) is 6.01. The lowest BCUT2D eigenvalue weighted by atomic mass is 10.1. The van der Waals surface area contributed by atoms with Gasteiger partial charge >= 0.3 is 0 Å². The van der Waals surface area contributed by atoms with Gasteiger partial charge in [-0.15, -0.1) is 10.2 Å². The Bertz CT molecular complexity index is 1410. The van der Waals surface area contributed by atoms with Crippen LogP contribution in [0.15, 0.2) is 49.1 Å². The standard InChI is InChI=1S/C26H31N7O5S/c1-6-38-24(25-28-13-17(3)14-29-25)19(32-39(34)35)11-22-30-31-26(18-10-16(2)12-27-15-18)33(22)23-20(36-4)8-7-9-21(23)37-5/h7-10,12-15,19,24,32H,6,11H2,1-5H3,(H,34,35)/p-1/t19-,24-/m0/s1. The maximum absolute atomic E-state index is 11.9. The van der Waals surface area contributed by atoms with Crippen molar-refractivity contribution in [1.29, 1.82) is 0 Å². The van der Waals surface area contributed by atoms with Gasteiger partial charge in [0.1, 0.15) is 29.1 Å². The van der Waals surface area contributed by atoms with Gasteiger partial charge in [0.15, 0.2) is 11.6 Å². The number of nitrogens with zero attached hydrogens (tertiary/aromatic N) is 6. The van der Waals surface area contributed by atoms with Gasteiger partial charge in [-0.2, -0.15) is 0 Å².